The molecule has 3 rings (SSSR count). The SMILES string of the molecule is CN=CN=C(N)[C@H](C)Oc1ncc(-c2ccn3ncc(F)c3c2F)c(NC)c1C(N)=NC. The molecule has 3 aromatic heterocycles. The van der Waals surface area contributed by atoms with Crippen molar-refractivity contribution in [3.63, 3.8) is 0 Å². The number of fused-ring (bicyclic) bond motifs is 1. The van der Waals surface area contributed by atoms with Crippen molar-refractivity contribution in [1.29, 1.82) is 0 Å². The fraction of sp³-hybridized carbons (Fsp3) is 0.250. The van der Waals surface area contributed by atoms with Gasteiger partial charge in [0.1, 0.15) is 29.1 Å². The van der Waals surface area contributed by atoms with E-state index < -0.39 is 17.7 Å². The molecule has 0 spiro atoms. The number of pyridine rings is 2. The number of aliphatic imine (C=N–C) groups is 3. The number of ether oxygens (including phenoxy) is 1. The number of hydrogen-bond acceptors (Lipinski definition) is 6. The molecule has 0 unspecified atom stereocenters. The first-order valence-corrected chi connectivity index (χ1v) is 9.49. The highest BCUT2D eigenvalue weighted by Gasteiger charge is 2.24. The molecule has 1 atom stereocenters. The predicted octanol–water partition coefficient (Wildman–Crippen LogP) is 1.83. The molecule has 0 radical (unpaired) electrons. The number of amidine groups is 2. The standard InChI is InChI=1S/C20H23F2N9O/c1-10(18(23)29-9-25-2)32-20-14(19(24)27-4)16(26-3)12(7-28-20)11-5-6-31-17(15(11)22)13(21)8-30-31/h5-10H,1-4H3,(H2,24,27)(H,26,28)(H2,23,25,29)/t10-/m0/s1. The number of rotatable bonds is 7. The van der Waals surface area contributed by atoms with Crippen LogP contribution in [0.2, 0.25) is 0 Å². The van der Waals surface area contributed by atoms with Crippen molar-refractivity contribution in [2.75, 3.05) is 26.5 Å². The van der Waals surface area contributed by atoms with E-state index in [1.165, 1.54) is 31.8 Å². The number of halogens is 2. The van der Waals surface area contributed by atoms with Gasteiger partial charge in [0.2, 0.25) is 5.88 Å². The molecule has 0 aliphatic rings. The molecular formula is C20H23F2N9O. The molecule has 0 aliphatic heterocycles. The molecule has 5 N–H and O–H groups in total. The third kappa shape index (κ3) is 4.06. The van der Waals surface area contributed by atoms with Crippen molar-refractivity contribution in [1.82, 2.24) is 14.6 Å². The molecular weight excluding hydrogens is 420 g/mol. The van der Waals surface area contributed by atoms with Crippen LogP contribution < -0.4 is 21.5 Å². The van der Waals surface area contributed by atoms with Gasteiger partial charge in [-0.15, -0.1) is 0 Å². The fourth-order valence-corrected chi connectivity index (χ4v) is 3.07. The van der Waals surface area contributed by atoms with Crippen LogP contribution in [0.15, 0.2) is 39.6 Å². The van der Waals surface area contributed by atoms with Gasteiger partial charge in [-0.2, -0.15) is 5.10 Å². The number of anilines is 1. The first-order valence-electron chi connectivity index (χ1n) is 9.49. The highest BCUT2D eigenvalue weighted by molar-refractivity contribution is 6.07. The van der Waals surface area contributed by atoms with E-state index in [0.717, 1.165) is 10.7 Å². The van der Waals surface area contributed by atoms with Crippen molar-refractivity contribution in [3.8, 4) is 17.0 Å². The van der Waals surface area contributed by atoms with Crippen molar-refractivity contribution >= 4 is 29.2 Å². The molecule has 3 heterocycles. The Morgan fingerprint density at radius 1 is 1.25 bits per heavy atom. The maximum absolute atomic E-state index is 15.2. The predicted molar refractivity (Wildman–Crippen MR) is 121 cm³/mol. The molecule has 0 aromatic carbocycles. The second-order valence-corrected chi connectivity index (χ2v) is 6.60. The number of aromatic nitrogens is 3. The largest absolute Gasteiger partial charge is 0.466 e. The normalized spacial score (nSPS) is 13.7. The van der Waals surface area contributed by atoms with Gasteiger partial charge in [-0.1, -0.05) is 0 Å². The van der Waals surface area contributed by atoms with Gasteiger partial charge in [-0.05, 0) is 13.0 Å². The highest BCUT2D eigenvalue weighted by Crippen LogP contribution is 2.37. The third-order valence-electron chi connectivity index (χ3n) is 4.69. The Hall–Kier alpha value is -4.09. The molecule has 168 valence electrons. The summed E-state index contributed by atoms with van der Waals surface area (Å²) >= 11 is 0. The summed E-state index contributed by atoms with van der Waals surface area (Å²) in [6.45, 7) is 1.68. The van der Waals surface area contributed by atoms with Crippen molar-refractivity contribution in [3.05, 3.63) is 41.9 Å². The Bertz CT molecular complexity index is 1230. The number of nitrogens with zero attached hydrogens (tertiary/aromatic N) is 6. The summed E-state index contributed by atoms with van der Waals surface area (Å²) in [6, 6.07) is 1.47. The van der Waals surface area contributed by atoms with Gasteiger partial charge >= 0.3 is 0 Å². The van der Waals surface area contributed by atoms with Crippen LogP contribution in [-0.4, -0.2) is 59.9 Å². The lowest BCUT2D eigenvalue weighted by Crippen LogP contribution is -2.32. The van der Waals surface area contributed by atoms with E-state index in [1.54, 1.807) is 21.0 Å². The molecule has 0 saturated heterocycles. The molecule has 12 heteroatoms. The molecule has 0 bridgehead atoms. The van der Waals surface area contributed by atoms with E-state index in [0.29, 0.717) is 16.8 Å². The summed E-state index contributed by atoms with van der Waals surface area (Å²) in [6.07, 6.45) is 4.41. The van der Waals surface area contributed by atoms with E-state index in [1.807, 2.05) is 0 Å². The minimum Gasteiger partial charge on any atom is -0.466 e. The molecule has 3 aromatic rings. The lowest BCUT2D eigenvalue weighted by molar-refractivity contribution is 0.274. The van der Waals surface area contributed by atoms with Crippen LogP contribution in [-0.2, 0) is 0 Å². The van der Waals surface area contributed by atoms with Gasteiger partial charge < -0.3 is 21.5 Å². The van der Waals surface area contributed by atoms with Gasteiger partial charge in [0.15, 0.2) is 17.7 Å². The minimum atomic E-state index is -0.795. The smallest absolute Gasteiger partial charge is 0.227 e. The van der Waals surface area contributed by atoms with Crippen LogP contribution in [0, 0.1) is 11.6 Å². The summed E-state index contributed by atoms with van der Waals surface area (Å²) in [5.74, 6) is -1.21. The zero-order valence-electron chi connectivity index (χ0n) is 18.0. The Kier molecular flexibility index (Phi) is 6.61. The van der Waals surface area contributed by atoms with Crippen LogP contribution in [0.25, 0.3) is 16.6 Å². The molecule has 32 heavy (non-hydrogen) atoms. The van der Waals surface area contributed by atoms with Crippen LogP contribution >= 0.6 is 0 Å². The second-order valence-electron chi connectivity index (χ2n) is 6.60. The van der Waals surface area contributed by atoms with Crippen molar-refractivity contribution in [2.24, 2.45) is 26.4 Å². The fourth-order valence-electron chi connectivity index (χ4n) is 3.07. The van der Waals surface area contributed by atoms with Crippen molar-refractivity contribution < 1.29 is 13.5 Å². The van der Waals surface area contributed by atoms with Gasteiger partial charge in [-0.3, -0.25) is 9.98 Å². The van der Waals surface area contributed by atoms with Crippen LogP contribution in [0.5, 0.6) is 5.88 Å². The average molecular weight is 443 g/mol. The number of nitrogens with two attached hydrogens (primary N) is 2. The highest BCUT2D eigenvalue weighted by atomic mass is 19.1. The number of nitrogens with one attached hydrogen (secondary N) is 1. The van der Waals surface area contributed by atoms with Crippen molar-refractivity contribution in [2.45, 2.75) is 13.0 Å². The zero-order valence-corrected chi connectivity index (χ0v) is 18.0. The summed E-state index contributed by atoms with van der Waals surface area (Å²) in [4.78, 5) is 16.1. The van der Waals surface area contributed by atoms with Gasteiger partial charge in [-0.25, -0.2) is 23.3 Å². The topological polar surface area (TPSA) is 141 Å². The maximum Gasteiger partial charge on any atom is 0.227 e. The van der Waals surface area contributed by atoms with Gasteiger partial charge in [0.05, 0.1) is 11.9 Å². The molecule has 0 aliphatic carbocycles. The summed E-state index contributed by atoms with van der Waals surface area (Å²) in [5.41, 5.74) is 12.9. The van der Waals surface area contributed by atoms with E-state index in [4.69, 9.17) is 16.2 Å². The Morgan fingerprint density at radius 3 is 2.66 bits per heavy atom. The Labute approximate surface area is 182 Å². The monoisotopic (exact) mass is 443 g/mol. The van der Waals surface area contributed by atoms with E-state index in [2.05, 4.69) is 30.4 Å². The van der Waals surface area contributed by atoms with Crippen LogP contribution in [0.4, 0.5) is 14.5 Å². The molecule has 0 amide bonds. The minimum absolute atomic E-state index is 0.0913. The summed E-state index contributed by atoms with van der Waals surface area (Å²) in [5, 5.41) is 6.77. The first kappa shape index (κ1) is 22.6. The molecule has 0 saturated carbocycles. The summed E-state index contributed by atoms with van der Waals surface area (Å²) < 4.78 is 36.3. The average Bonchev–Trinajstić information content (AvgIpc) is 3.18. The van der Waals surface area contributed by atoms with Gasteiger partial charge in [0, 0.05) is 44.7 Å². The third-order valence-corrected chi connectivity index (χ3v) is 4.69. The Balaban J connectivity index is 2.19. The Morgan fingerprint density at radius 2 is 2.00 bits per heavy atom. The molecule has 0 fully saturated rings. The van der Waals surface area contributed by atoms with Crippen LogP contribution in [0.1, 0.15) is 12.5 Å². The van der Waals surface area contributed by atoms with E-state index in [9.17, 15) is 4.39 Å². The second kappa shape index (κ2) is 9.37. The first-order chi connectivity index (χ1) is 15.3. The maximum atomic E-state index is 15.2. The molecule has 10 nitrogen and oxygen atoms in total. The lowest BCUT2D eigenvalue weighted by Gasteiger charge is -2.20. The van der Waals surface area contributed by atoms with E-state index in [-0.39, 0.29) is 28.6 Å². The zero-order chi connectivity index (χ0) is 23.4. The lowest BCUT2D eigenvalue weighted by atomic mass is 10.0. The quantitative estimate of drug-likeness (QED) is 0.376. The summed E-state index contributed by atoms with van der Waals surface area (Å²) in [7, 11) is 4.68. The number of hydrogen-bond donors (Lipinski definition) is 3. The van der Waals surface area contributed by atoms with Crippen LogP contribution in [0.3, 0.4) is 0 Å². The van der Waals surface area contributed by atoms with Gasteiger partial charge in [0.25, 0.3) is 0 Å². The van der Waals surface area contributed by atoms with E-state index >= 15 is 4.39 Å².